The van der Waals surface area contributed by atoms with Gasteiger partial charge in [0.05, 0.1) is 18.4 Å². The van der Waals surface area contributed by atoms with E-state index in [1.54, 1.807) is 6.92 Å². The molecule has 102 valence electrons. The number of unbranched alkanes of at least 4 members (excludes halogenated alkanes) is 2. The summed E-state index contributed by atoms with van der Waals surface area (Å²) in [6, 6.07) is 0. The first-order valence-electron chi connectivity index (χ1n) is 6.07. The third-order valence-corrected chi connectivity index (χ3v) is 2.83. The highest BCUT2D eigenvalue weighted by Crippen LogP contribution is 2.34. The number of ether oxygens (including phenoxy) is 1. The van der Waals surface area contributed by atoms with Crippen molar-refractivity contribution in [2.75, 3.05) is 6.61 Å². The van der Waals surface area contributed by atoms with E-state index in [0.29, 0.717) is 6.42 Å². The number of esters is 1. The molecule has 2 unspecified atom stereocenters. The van der Waals surface area contributed by atoms with Gasteiger partial charge in [0.25, 0.3) is 0 Å². The first kappa shape index (κ1) is 16.3. The highest BCUT2D eigenvalue weighted by atomic mass is 19.4. The van der Waals surface area contributed by atoms with E-state index in [1.807, 2.05) is 6.92 Å². The number of hydrogen-bond acceptors (Lipinski definition) is 2. The molecule has 0 bridgehead atoms. The van der Waals surface area contributed by atoms with E-state index < -0.39 is 24.0 Å². The maximum absolute atomic E-state index is 12.6. The number of carbonyl (C=O) groups excluding carboxylic acids is 1. The molecule has 0 spiro atoms. The molecular formula is C12H21F3O2. The zero-order valence-electron chi connectivity index (χ0n) is 10.6. The summed E-state index contributed by atoms with van der Waals surface area (Å²) in [6.07, 6.45) is -1.73. The van der Waals surface area contributed by atoms with Crippen LogP contribution in [0, 0.1) is 11.8 Å². The molecule has 0 aliphatic carbocycles. The minimum absolute atomic E-state index is 0.119. The van der Waals surface area contributed by atoms with Crippen molar-refractivity contribution in [1.82, 2.24) is 0 Å². The van der Waals surface area contributed by atoms with Gasteiger partial charge in [-0.3, -0.25) is 4.79 Å². The normalized spacial score (nSPS) is 15.4. The van der Waals surface area contributed by atoms with Gasteiger partial charge in [-0.1, -0.05) is 33.1 Å². The Bertz CT molecular complexity index is 226. The molecule has 5 heteroatoms. The Hall–Kier alpha value is -0.740. The third-order valence-electron chi connectivity index (χ3n) is 2.83. The zero-order chi connectivity index (χ0) is 13.5. The summed E-state index contributed by atoms with van der Waals surface area (Å²) in [5.74, 6) is -3.44. The second-order valence-electron chi connectivity index (χ2n) is 4.18. The van der Waals surface area contributed by atoms with Gasteiger partial charge in [0.15, 0.2) is 0 Å². The van der Waals surface area contributed by atoms with Gasteiger partial charge in [-0.25, -0.2) is 0 Å². The van der Waals surface area contributed by atoms with Crippen molar-refractivity contribution in [3.05, 3.63) is 0 Å². The summed E-state index contributed by atoms with van der Waals surface area (Å²) in [7, 11) is 0. The van der Waals surface area contributed by atoms with Crippen molar-refractivity contribution >= 4 is 5.97 Å². The van der Waals surface area contributed by atoms with Crippen LogP contribution in [-0.2, 0) is 9.53 Å². The molecule has 0 saturated heterocycles. The Balaban J connectivity index is 4.54. The largest absolute Gasteiger partial charge is 0.466 e. The van der Waals surface area contributed by atoms with Crippen LogP contribution in [0.4, 0.5) is 13.2 Å². The van der Waals surface area contributed by atoms with Crippen molar-refractivity contribution in [2.45, 2.75) is 52.6 Å². The van der Waals surface area contributed by atoms with Crippen molar-refractivity contribution in [2.24, 2.45) is 11.8 Å². The number of alkyl halides is 3. The molecule has 0 N–H and O–H groups in total. The first-order chi connectivity index (χ1) is 7.84. The molecule has 0 radical (unpaired) electrons. The maximum Gasteiger partial charge on any atom is 0.392 e. The second kappa shape index (κ2) is 7.56. The smallest absolute Gasteiger partial charge is 0.392 e. The lowest BCUT2D eigenvalue weighted by molar-refractivity contribution is -0.194. The van der Waals surface area contributed by atoms with Crippen LogP contribution < -0.4 is 0 Å². The van der Waals surface area contributed by atoms with Crippen LogP contribution in [-0.4, -0.2) is 18.8 Å². The molecule has 0 fully saturated rings. The second-order valence-corrected chi connectivity index (χ2v) is 4.18. The van der Waals surface area contributed by atoms with E-state index in [1.165, 1.54) is 0 Å². The van der Waals surface area contributed by atoms with Crippen molar-refractivity contribution < 1.29 is 22.7 Å². The highest BCUT2D eigenvalue weighted by Gasteiger charge is 2.44. The van der Waals surface area contributed by atoms with E-state index in [0.717, 1.165) is 19.8 Å². The summed E-state index contributed by atoms with van der Waals surface area (Å²) >= 11 is 0. The summed E-state index contributed by atoms with van der Waals surface area (Å²) < 4.78 is 42.5. The standard InChI is InChI=1S/C12H21F3O2/c1-4-6-7-8-10(11(16)17-5-2)9(3)12(13,14)15/h9-10H,4-8H2,1-3H3. The Morgan fingerprint density at radius 2 is 1.82 bits per heavy atom. The van der Waals surface area contributed by atoms with Gasteiger partial charge in [-0.15, -0.1) is 0 Å². The molecule has 2 atom stereocenters. The van der Waals surface area contributed by atoms with Crippen molar-refractivity contribution in [1.29, 1.82) is 0 Å². The Labute approximate surface area is 101 Å². The molecule has 0 saturated carbocycles. The molecule has 0 amide bonds. The van der Waals surface area contributed by atoms with Crippen LogP contribution in [0.15, 0.2) is 0 Å². The molecule has 0 heterocycles. The van der Waals surface area contributed by atoms with Crippen molar-refractivity contribution in [3.63, 3.8) is 0 Å². The summed E-state index contributed by atoms with van der Waals surface area (Å²) in [5, 5.41) is 0. The summed E-state index contributed by atoms with van der Waals surface area (Å²) in [6.45, 7) is 4.73. The Morgan fingerprint density at radius 1 is 1.24 bits per heavy atom. The van der Waals surface area contributed by atoms with Crippen LogP contribution in [0.2, 0.25) is 0 Å². The van der Waals surface area contributed by atoms with Gasteiger partial charge in [-0.2, -0.15) is 13.2 Å². The van der Waals surface area contributed by atoms with Gasteiger partial charge in [0.2, 0.25) is 0 Å². The lowest BCUT2D eigenvalue weighted by Gasteiger charge is -2.24. The average molecular weight is 254 g/mol. The minimum atomic E-state index is -4.34. The predicted molar refractivity (Wildman–Crippen MR) is 59.5 cm³/mol. The van der Waals surface area contributed by atoms with Gasteiger partial charge in [0, 0.05) is 0 Å². The Kier molecular flexibility index (Phi) is 7.23. The molecule has 0 aromatic carbocycles. The van der Waals surface area contributed by atoms with Crippen LogP contribution in [0.25, 0.3) is 0 Å². The van der Waals surface area contributed by atoms with E-state index in [4.69, 9.17) is 4.74 Å². The average Bonchev–Trinajstić information content (AvgIpc) is 2.22. The van der Waals surface area contributed by atoms with Gasteiger partial charge < -0.3 is 4.74 Å². The van der Waals surface area contributed by atoms with Gasteiger partial charge in [-0.05, 0) is 13.3 Å². The molecule has 2 nitrogen and oxygen atoms in total. The Morgan fingerprint density at radius 3 is 2.24 bits per heavy atom. The minimum Gasteiger partial charge on any atom is -0.466 e. The first-order valence-corrected chi connectivity index (χ1v) is 6.07. The molecule has 0 aliphatic rings. The van der Waals surface area contributed by atoms with Crippen LogP contribution >= 0.6 is 0 Å². The number of hydrogen-bond donors (Lipinski definition) is 0. The lowest BCUT2D eigenvalue weighted by atomic mass is 9.88. The molecule has 0 rings (SSSR count). The van der Waals surface area contributed by atoms with E-state index >= 15 is 0 Å². The fourth-order valence-electron chi connectivity index (χ4n) is 1.66. The molecule has 17 heavy (non-hydrogen) atoms. The topological polar surface area (TPSA) is 26.3 Å². The van der Waals surface area contributed by atoms with E-state index in [9.17, 15) is 18.0 Å². The summed E-state index contributed by atoms with van der Waals surface area (Å²) in [4.78, 5) is 11.5. The molecule has 0 aliphatic heterocycles. The fraction of sp³-hybridized carbons (Fsp3) is 0.917. The zero-order valence-corrected chi connectivity index (χ0v) is 10.6. The van der Waals surface area contributed by atoms with Crippen LogP contribution in [0.3, 0.4) is 0 Å². The number of carbonyl (C=O) groups is 1. The highest BCUT2D eigenvalue weighted by molar-refractivity contribution is 5.72. The lowest BCUT2D eigenvalue weighted by Crippen LogP contribution is -2.34. The molecular weight excluding hydrogens is 233 g/mol. The van der Waals surface area contributed by atoms with Crippen LogP contribution in [0.5, 0.6) is 0 Å². The van der Waals surface area contributed by atoms with Crippen LogP contribution in [0.1, 0.15) is 46.5 Å². The van der Waals surface area contributed by atoms with Gasteiger partial charge >= 0.3 is 12.1 Å². The van der Waals surface area contributed by atoms with E-state index in [2.05, 4.69) is 0 Å². The quantitative estimate of drug-likeness (QED) is 0.508. The van der Waals surface area contributed by atoms with Gasteiger partial charge in [0.1, 0.15) is 0 Å². The monoisotopic (exact) mass is 254 g/mol. The predicted octanol–water partition coefficient (Wildman–Crippen LogP) is 3.94. The molecule has 0 aromatic rings. The number of rotatable bonds is 7. The van der Waals surface area contributed by atoms with Crippen molar-refractivity contribution in [3.8, 4) is 0 Å². The fourth-order valence-corrected chi connectivity index (χ4v) is 1.66. The maximum atomic E-state index is 12.6. The molecule has 0 aromatic heterocycles. The SMILES string of the molecule is CCCCCC(C(=O)OCC)C(C)C(F)(F)F. The number of halogens is 3. The third kappa shape index (κ3) is 5.94. The summed E-state index contributed by atoms with van der Waals surface area (Å²) in [5.41, 5.74) is 0. The van der Waals surface area contributed by atoms with E-state index in [-0.39, 0.29) is 13.0 Å².